The van der Waals surface area contributed by atoms with Gasteiger partial charge < -0.3 is 10.2 Å². The molecule has 0 aliphatic rings. The van der Waals surface area contributed by atoms with Crippen LogP contribution < -0.4 is 5.32 Å². The first-order valence-corrected chi connectivity index (χ1v) is 7.67. The van der Waals surface area contributed by atoms with Crippen molar-refractivity contribution in [1.29, 1.82) is 0 Å². The van der Waals surface area contributed by atoms with Gasteiger partial charge in [0.05, 0.1) is 0 Å². The van der Waals surface area contributed by atoms with Crippen molar-refractivity contribution < 1.29 is 0 Å². The molecule has 0 saturated heterocycles. The molecule has 0 radical (unpaired) electrons. The van der Waals surface area contributed by atoms with E-state index >= 15 is 0 Å². The van der Waals surface area contributed by atoms with E-state index in [0.29, 0.717) is 0 Å². The second-order valence-electron chi connectivity index (χ2n) is 5.13. The van der Waals surface area contributed by atoms with Crippen LogP contribution in [0.3, 0.4) is 0 Å². The molecule has 0 aliphatic heterocycles. The number of para-hydroxylation sites is 1. The molecular formula is C17H21BrN2. The molecule has 2 rings (SSSR count). The van der Waals surface area contributed by atoms with Crippen LogP contribution in [0.15, 0.2) is 53.0 Å². The van der Waals surface area contributed by atoms with E-state index in [1.54, 1.807) is 0 Å². The summed E-state index contributed by atoms with van der Waals surface area (Å²) in [5, 5.41) is 3.45. The van der Waals surface area contributed by atoms with Gasteiger partial charge in [-0.2, -0.15) is 0 Å². The highest BCUT2D eigenvalue weighted by atomic mass is 79.9. The molecule has 3 heteroatoms. The van der Waals surface area contributed by atoms with Crippen molar-refractivity contribution in [2.24, 2.45) is 0 Å². The van der Waals surface area contributed by atoms with Crippen LogP contribution in [0.4, 0.5) is 5.69 Å². The smallest absolute Gasteiger partial charge is 0.0485 e. The summed E-state index contributed by atoms with van der Waals surface area (Å²) in [6.07, 6.45) is 0. The Hall–Kier alpha value is -1.32. The van der Waals surface area contributed by atoms with Crippen LogP contribution in [0.2, 0.25) is 0 Å². The molecule has 0 amide bonds. The lowest BCUT2D eigenvalue weighted by Crippen LogP contribution is -2.24. The Morgan fingerprint density at radius 2 is 1.75 bits per heavy atom. The Bertz CT molecular complexity index is 537. The van der Waals surface area contributed by atoms with Crippen molar-refractivity contribution in [3.05, 3.63) is 64.1 Å². The van der Waals surface area contributed by atoms with Crippen LogP contribution in [0.5, 0.6) is 0 Å². The number of hydrogen-bond donors (Lipinski definition) is 1. The van der Waals surface area contributed by atoms with Crippen molar-refractivity contribution in [3.63, 3.8) is 0 Å². The van der Waals surface area contributed by atoms with Crippen LogP contribution >= 0.6 is 15.9 Å². The van der Waals surface area contributed by atoms with Gasteiger partial charge in [0.15, 0.2) is 0 Å². The topological polar surface area (TPSA) is 15.3 Å². The highest BCUT2D eigenvalue weighted by molar-refractivity contribution is 9.10. The second kappa shape index (κ2) is 7.46. The maximum Gasteiger partial charge on any atom is 0.0485 e. The van der Waals surface area contributed by atoms with Gasteiger partial charge in [-0.15, -0.1) is 0 Å². The van der Waals surface area contributed by atoms with E-state index in [2.05, 4.69) is 76.5 Å². The maximum atomic E-state index is 3.55. The summed E-state index contributed by atoms with van der Waals surface area (Å²) >= 11 is 3.55. The molecular weight excluding hydrogens is 312 g/mol. The average molecular weight is 333 g/mol. The minimum absolute atomic E-state index is 0.935. The second-order valence-corrected chi connectivity index (χ2v) is 5.98. The lowest BCUT2D eigenvalue weighted by molar-refractivity contribution is 0.340. The van der Waals surface area contributed by atoms with Gasteiger partial charge in [-0.05, 0) is 47.6 Å². The van der Waals surface area contributed by atoms with Gasteiger partial charge in [-0.25, -0.2) is 0 Å². The Morgan fingerprint density at radius 3 is 2.45 bits per heavy atom. The normalized spacial score (nSPS) is 10.8. The number of halogens is 1. The highest BCUT2D eigenvalue weighted by Crippen LogP contribution is 2.20. The maximum absolute atomic E-state index is 3.55. The van der Waals surface area contributed by atoms with E-state index in [-0.39, 0.29) is 0 Å². The number of nitrogens with one attached hydrogen (secondary N) is 1. The molecule has 0 heterocycles. The Balaban J connectivity index is 1.76. The highest BCUT2D eigenvalue weighted by Gasteiger charge is 2.01. The first-order chi connectivity index (χ1) is 9.65. The molecule has 2 aromatic carbocycles. The first kappa shape index (κ1) is 15.1. The van der Waals surface area contributed by atoms with E-state index < -0.39 is 0 Å². The monoisotopic (exact) mass is 332 g/mol. The molecule has 2 aromatic rings. The van der Waals surface area contributed by atoms with Gasteiger partial charge in [-0.1, -0.05) is 42.0 Å². The summed E-state index contributed by atoms with van der Waals surface area (Å²) in [7, 11) is 2.15. The summed E-state index contributed by atoms with van der Waals surface area (Å²) in [6, 6.07) is 17.0. The molecule has 0 bridgehead atoms. The van der Waals surface area contributed by atoms with E-state index in [1.165, 1.54) is 11.1 Å². The van der Waals surface area contributed by atoms with Gasteiger partial charge in [0.25, 0.3) is 0 Å². The van der Waals surface area contributed by atoms with E-state index in [4.69, 9.17) is 0 Å². The Morgan fingerprint density at radius 1 is 1.05 bits per heavy atom. The Kier molecular flexibility index (Phi) is 5.62. The van der Waals surface area contributed by atoms with Crippen LogP contribution in [0.25, 0.3) is 0 Å². The molecule has 1 N–H and O–H groups in total. The minimum atomic E-state index is 0.935. The summed E-state index contributed by atoms with van der Waals surface area (Å²) in [6.45, 7) is 5.05. The lowest BCUT2D eigenvalue weighted by atomic mass is 10.1. The minimum Gasteiger partial charge on any atom is -0.383 e. The molecule has 20 heavy (non-hydrogen) atoms. The van der Waals surface area contributed by atoms with Crippen LogP contribution in [0.1, 0.15) is 11.1 Å². The fraction of sp³-hybridized carbons (Fsp3) is 0.294. The molecule has 0 atom stereocenters. The van der Waals surface area contributed by atoms with Gasteiger partial charge in [0, 0.05) is 29.8 Å². The number of nitrogens with zero attached hydrogens (tertiary/aromatic N) is 1. The zero-order valence-corrected chi connectivity index (χ0v) is 13.7. The number of anilines is 1. The zero-order chi connectivity index (χ0) is 14.4. The fourth-order valence-corrected chi connectivity index (χ4v) is 2.50. The molecule has 0 fully saturated rings. The molecule has 0 unspecified atom stereocenters. The van der Waals surface area contributed by atoms with Crippen molar-refractivity contribution in [2.45, 2.75) is 13.5 Å². The number of likely N-dealkylation sites (N-methyl/N-ethyl adjacent to an activating group) is 1. The van der Waals surface area contributed by atoms with Crippen molar-refractivity contribution in [3.8, 4) is 0 Å². The third-order valence-electron chi connectivity index (χ3n) is 3.26. The first-order valence-electron chi connectivity index (χ1n) is 6.87. The van der Waals surface area contributed by atoms with Crippen molar-refractivity contribution in [2.75, 3.05) is 25.5 Å². The van der Waals surface area contributed by atoms with Gasteiger partial charge in [0.1, 0.15) is 0 Å². The number of rotatable bonds is 6. The van der Waals surface area contributed by atoms with Gasteiger partial charge in [-0.3, -0.25) is 0 Å². The summed E-state index contributed by atoms with van der Waals surface area (Å²) in [4.78, 5) is 2.33. The van der Waals surface area contributed by atoms with E-state index in [9.17, 15) is 0 Å². The molecule has 0 aliphatic carbocycles. The molecule has 0 saturated carbocycles. The predicted octanol–water partition coefficient (Wildman–Crippen LogP) is 4.30. The number of aryl methyl sites for hydroxylation is 1. The predicted molar refractivity (Wildman–Crippen MR) is 90.1 cm³/mol. The average Bonchev–Trinajstić information content (AvgIpc) is 2.43. The third-order valence-corrected chi connectivity index (χ3v) is 3.95. The third kappa shape index (κ3) is 4.66. The van der Waals surface area contributed by atoms with Crippen molar-refractivity contribution >= 4 is 21.6 Å². The molecule has 2 nitrogen and oxygen atoms in total. The number of benzene rings is 2. The zero-order valence-electron chi connectivity index (χ0n) is 12.1. The van der Waals surface area contributed by atoms with Crippen LogP contribution in [-0.2, 0) is 6.54 Å². The fourth-order valence-electron chi connectivity index (χ4n) is 2.07. The summed E-state index contributed by atoms with van der Waals surface area (Å²) in [5.41, 5.74) is 3.82. The van der Waals surface area contributed by atoms with Gasteiger partial charge in [0.2, 0.25) is 0 Å². The summed E-state index contributed by atoms with van der Waals surface area (Å²) < 4.78 is 1.11. The quantitative estimate of drug-likeness (QED) is 0.848. The van der Waals surface area contributed by atoms with Crippen molar-refractivity contribution in [1.82, 2.24) is 4.90 Å². The molecule has 0 aromatic heterocycles. The largest absolute Gasteiger partial charge is 0.383 e. The van der Waals surface area contributed by atoms with Crippen LogP contribution in [0, 0.1) is 6.92 Å². The van der Waals surface area contributed by atoms with E-state index in [1.807, 2.05) is 12.1 Å². The summed E-state index contributed by atoms with van der Waals surface area (Å²) in [5.74, 6) is 0. The molecule has 106 valence electrons. The standard InChI is InChI=1S/C17H21BrN2/c1-14-7-9-15(10-8-14)13-20(2)12-11-19-17-6-4-3-5-16(17)18/h3-10,19H,11-13H2,1-2H3. The Labute approximate surface area is 129 Å². The van der Waals surface area contributed by atoms with Crippen LogP contribution in [-0.4, -0.2) is 25.0 Å². The SMILES string of the molecule is Cc1ccc(CN(C)CCNc2ccccc2Br)cc1. The molecule has 0 spiro atoms. The number of hydrogen-bond acceptors (Lipinski definition) is 2. The lowest BCUT2D eigenvalue weighted by Gasteiger charge is -2.18. The van der Waals surface area contributed by atoms with E-state index in [0.717, 1.165) is 29.8 Å². The van der Waals surface area contributed by atoms with Gasteiger partial charge >= 0.3 is 0 Å².